The minimum Gasteiger partial charge on any atom is -0.473 e. The third kappa shape index (κ3) is 1.78. The molecule has 0 bridgehead atoms. The molecule has 0 aromatic heterocycles. The molecule has 0 aliphatic carbocycles. The van der Waals surface area contributed by atoms with Gasteiger partial charge in [0.05, 0.1) is 10.1 Å². The Kier molecular flexibility index (Phi) is 2.98. The van der Waals surface area contributed by atoms with Crippen molar-refractivity contribution in [2.75, 3.05) is 0 Å². The first kappa shape index (κ1) is 9.53. The second kappa shape index (κ2) is 3.44. The van der Waals surface area contributed by atoms with E-state index in [1.165, 1.54) is 0 Å². The van der Waals surface area contributed by atoms with Crippen LogP contribution in [0.2, 0.25) is 0 Å². The lowest BCUT2D eigenvalue weighted by Crippen LogP contribution is -2.12. The molecule has 1 unspecified atom stereocenters. The van der Waals surface area contributed by atoms with E-state index in [-0.39, 0.29) is 21.4 Å². The molecule has 0 spiro atoms. The van der Waals surface area contributed by atoms with E-state index < -0.39 is 0 Å². The van der Waals surface area contributed by atoms with Crippen molar-refractivity contribution >= 4 is 46.4 Å². The Morgan fingerprint density at radius 2 is 1.64 bits per heavy atom. The van der Waals surface area contributed by atoms with Crippen LogP contribution in [0.15, 0.2) is 20.3 Å². The van der Waals surface area contributed by atoms with Crippen molar-refractivity contribution in [1.82, 2.24) is 0 Å². The molecular formula is C6H4Cl4O. The van der Waals surface area contributed by atoms with Gasteiger partial charge in [-0.05, 0) is 18.5 Å². The van der Waals surface area contributed by atoms with Crippen LogP contribution in [0.4, 0.5) is 0 Å². The topological polar surface area (TPSA) is 9.23 Å². The van der Waals surface area contributed by atoms with Crippen LogP contribution >= 0.6 is 46.4 Å². The molecule has 1 aliphatic rings. The predicted molar refractivity (Wildman–Crippen MR) is 48.0 cm³/mol. The summed E-state index contributed by atoms with van der Waals surface area (Å²) >= 11 is 22.6. The molecule has 1 nitrogen and oxygen atoms in total. The van der Waals surface area contributed by atoms with Crippen molar-refractivity contribution in [3.63, 3.8) is 0 Å². The molecule has 0 saturated carbocycles. The number of rotatable bonds is 0. The molecule has 1 rings (SSSR count). The zero-order chi connectivity index (χ0) is 8.59. The van der Waals surface area contributed by atoms with Gasteiger partial charge in [0, 0.05) is 0 Å². The second-order valence-corrected chi connectivity index (χ2v) is 3.52. The minimum absolute atomic E-state index is 0.0913. The van der Waals surface area contributed by atoms with Crippen LogP contribution in [0.5, 0.6) is 0 Å². The molecule has 0 radical (unpaired) electrons. The first-order valence-electron chi connectivity index (χ1n) is 2.81. The molecule has 0 aromatic carbocycles. The number of hydrogen-bond donors (Lipinski definition) is 0. The molecule has 1 aliphatic heterocycles. The third-order valence-corrected chi connectivity index (χ3v) is 3.03. The van der Waals surface area contributed by atoms with Crippen LogP contribution < -0.4 is 0 Å². The molecular weight excluding hydrogens is 230 g/mol. The lowest BCUT2D eigenvalue weighted by molar-refractivity contribution is 0.182. The van der Waals surface area contributed by atoms with E-state index in [9.17, 15) is 0 Å². The molecule has 0 aromatic rings. The van der Waals surface area contributed by atoms with Gasteiger partial charge in [0.1, 0.15) is 11.1 Å². The second-order valence-electron chi connectivity index (χ2n) is 2.01. The summed E-state index contributed by atoms with van der Waals surface area (Å²) < 4.78 is 5.02. The number of halogens is 4. The van der Waals surface area contributed by atoms with E-state index in [1.807, 2.05) is 0 Å². The van der Waals surface area contributed by atoms with Crippen LogP contribution in [0.1, 0.15) is 6.92 Å². The van der Waals surface area contributed by atoms with E-state index in [0.29, 0.717) is 5.03 Å². The highest BCUT2D eigenvalue weighted by Crippen LogP contribution is 2.37. The molecule has 0 amide bonds. The highest BCUT2D eigenvalue weighted by molar-refractivity contribution is 6.51. The third-order valence-electron chi connectivity index (χ3n) is 1.21. The molecule has 1 atom stereocenters. The van der Waals surface area contributed by atoms with Crippen LogP contribution in [-0.2, 0) is 4.74 Å². The zero-order valence-corrected chi connectivity index (χ0v) is 8.52. The molecule has 0 saturated heterocycles. The Morgan fingerprint density at radius 1 is 1.09 bits per heavy atom. The molecule has 62 valence electrons. The highest BCUT2D eigenvalue weighted by Gasteiger charge is 2.23. The summed E-state index contributed by atoms with van der Waals surface area (Å²) in [6, 6.07) is 0. The van der Waals surface area contributed by atoms with E-state index in [2.05, 4.69) is 0 Å². The Morgan fingerprint density at radius 3 is 2.18 bits per heavy atom. The maximum absolute atomic E-state index is 5.72. The highest BCUT2D eigenvalue weighted by atomic mass is 35.5. The van der Waals surface area contributed by atoms with Gasteiger partial charge in [0.25, 0.3) is 0 Å². The fourth-order valence-corrected chi connectivity index (χ4v) is 1.48. The minimum atomic E-state index is -0.320. The fraction of sp³-hybridized carbons (Fsp3) is 0.333. The van der Waals surface area contributed by atoms with Gasteiger partial charge < -0.3 is 4.74 Å². The summed E-state index contributed by atoms with van der Waals surface area (Å²) in [5.41, 5.74) is 0. The van der Waals surface area contributed by atoms with Crippen molar-refractivity contribution < 1.29 is 4.74 Å². The van der Waals surface area contributed by atoms with Crippen LogP contribution in [0.25, 0.3) is 0 Å². The smallest absolute Gasteiger partial charge is 0.208 e. The number of hydrogen-bond acceptors (Lipinski definition) is 1. The summed E-state index contributed by atoms with van der Waals surface area (Å²) in [4.78, 5) is 0. The molecule has 0 fully saturated rings. The van der Waals surface area contributed by atoms with Crippen molar-refractivity contribution in [1.29, 1.82) is 0 Å². The van der Waals surface area contributed by atoms with Crippen molar-refractivity contribution in [3.05, 3.63) is 20.3 Å². The van der Waals surface area contributed by atoms with Gasteiger partial charge >= 0.3 is 0 Å². The fourth-order valence-electron chi connectivity index (χ4n) is 0.628. The summed E-state index contributed by atoms with van der Waals surface area (Å²) in [7, 11) is 0. The van der Waals surface area contributed by atoms with Crippen LogP contribution in [0.3, 0.4) is 0 Å². The Hall–Kier alpha value is 0.440. The van der Waals surface area contributed by atoms with Crippen LogP contribution in [-0.4, -0.2) is 6.10 Å². The van der Waals surface area contributed by atoms with Gasteiger partial charge in [-0.25, -0.2) is 0 Å². The maximum Gasteiger partial charge on any atom is 0.208 e. The lowest BCUT2D eigenvalue weighted by Gasteiger charge is -2.19. The van der Waals surface area contributed by atoms with E-state index >= 15 is 0 Å². The molecule has 1 heterocycles. The Labute approximate surface area is 84.5 Å². The maximum atomic E-state index is 5.72. The quantitative estimate of drug-likeness (QED) is 0.620. The average molecular weight is 234 g/mol. The van der Waals surface area contributed by atoms with Crippen LogP contribution in [0, 0.1) is 0 Å². The van der Waals surface area contributed by atoms with Gasteiger partial charge in [-0.3, -0.25) is 0 Å². The van der Waals surface area contributed by atoms with E-state index in [4.69, 9.17) is 51.1 Å². The van der Waals surface area contributed by atoms with Crippen molar-refractivity contribution in [2.24, 2.45) is 0 Å². The Balaban J connectivity index is 3.07. The SMILES string of the molecule is CC1OC(Cl)=C(Cl)C(Cl)=C1Cl. The van der Waals surface area contributed by atoms with E-state index in [1.54, 1.807) is 6.92 Å². The molecule has 0 N–H and O–H groups in total. The average Bonchev–Trinajstić information content (AvgIpc) is 1.97. The number of ether oxygens (including phenoxy) is 1. The summed E-state index contributed by atoms with van der Waals surface area (Å²) in [6.07, 6.45) is -0.320. The first-order chi connectivity index (χ1) is 5.04. The van der Waals surface area contributed by atoms with Gasteiger partial charge in [0.2, 0.25) is 5.22 Å². The molecule has 11 heavy (non-hydrogen) atoms. The largest absolute Gasteiger partial charge is 0.473 e. The van der Waals surface area contributed by atoms with E-state index in [0.717, 1.165) is 0 Å². The predicted octanol–water partition coefficient (Wildman–Crippen LogP) is 3.74. The standard InChI is InChI=1S/C6H4Cl4O/c1-2-3(7)4(8)5(9)6(10)11-2/h2H,1H3. The van der Waals surface area contributed by atoms with Crippen molar-refractivity contribution in [2.45, 2.75) is 13.0 Å². The van der Waals surface area contributed by atoms with Crippen molar-refractivity contribution in [3.8, 4) is 0 Å². The zero-order valence-electron chi connectivity index (χ0n) is 5.50. The van der Waals surface area contributed by atoms with Gasteiger partial charge in [-0.2, -0.15) is 0 Å². The molecule has 5 heteroatoms. The summed E-state index contributed by atoms with van der Waals surface area (Å²) in [5, 5.41) is 0.892. The van der Waals surface area contributed by atoms with Gasteiger partial charge in [-0.15, -0.1) is 0 Å². The summed E-state index contributed by atoms with van der Waals surface area (Å²) in [6.45, 7) is 1.73. The number of allylic oxidation sites excluding steroid dienone is 2. The van der Waals surface area contributed by atoms with Gasteiger partial charge in [0.15, 0.2) is 0 Å². The Bertz CT molecular complexity index is 243. The normalized spacial score (nSPS) is 25.7. The monoisotopic (exact) mass is 232 g/mol. The lowest BCUT2D eigenvalue weighted by atomic mass is 10.3. The first-order valence-corrected chi connectivity index (χ1v) is 4.32. The summed E-state index contributed by atoms with van der Waals surface area (Å²) in [5.74, 6) is 0. The van der Waals surface area contributed by atoms with Gasteiger partial charge in [-0.1, -0.05) is 34.8 Å².